The van der Waals surface area contributed by atoms with Gasteiger partial charge in [-0.2, -0.15) is 5.26 Å². The summed E-state index contributed by atoms with van der Waals surface area (Å²) in [6.07, 6.45) is 2.13. The van der Waals surface area contributed by atoms with Crippen molar-refractivity contribution in [2.24, 2.45) is 5.41 Å². The van der Waals surface area contributed by atoms with Crippen LogP contribution in [0.2, 0.25) is 0 Å². The largest absolute Gasteiger partial charge is 0.481 e. The Bertz CT molecular complexity index is 430. The molecule has 6 nitrogen and oxygen atoms in total. The zero-order chi connectivity index (χ0) is 16.0. The molecule has 1 unspecified atom stereocenters. The third-order valence-electron chi connectivity index (χ3n) is 4.31. The fourth-order valence-electron chi connectivity index (χ4n) is 2.84. The van der Waals surface area contributed by atoms with Crippen LogP contribution in [0.4, 0.5) is 4.79 Å². The van der Waals surface area contributed by atoms with E-state index in [-0.39, 0.29) is 25.0 Å². The molecule has 0 bridgehead atoms. The van der Waals surface area contributed by atoms with Gasteiger partial charge in [0.05, 0.1) is 17.9 Å². The van der Waals surface area contributed by atoms with Gasteiger partial charge in [0.2, 0.25) is 0 Å². The van der Waals surface area contributed by atoms with Crippen LogP contribution in [0, 0.1) is 16.7 Å². The summed E-state index contributed by atoms with van der Waals surface area (Å²) in [5.41, 5.74) is -0.828. The van der Waals surface area contributed by atoms with Gasteiger partial charge < -0.3 is 14.9 Å². The van der Waals surface area contributed by atoms with Crippen LogP contribution in [0.3, 0.4) is 0 Å². The standard InChI is InChI=1S/C15H25N3O3/c1-4-15(13(19)20)7-5-9-17(11-15)14(21)18(12(2)3)10-6-8-16/h12H,4-7,9-11H2,1-3H3,(H,19,20). The molecule has 0 spiro atoms. The Morgan fingerprint density at radius 3 is 2.62 bits per heavy atom. The number of amides is 2. The third-order valence-corrected chi connectivity index (χ3v) is 4.31. The molecule has 0 aromatic heterocycles. The van der Waals surface area contributed by atoms with Gasteiger partial charge in [-0.05, 0) is 33.1 Å². The molecule has 1 N–H and O–H groups in total. The first kappa shape index (κ1) is 17.3. The molecule has 0 saturated carbocycles. The summed E-state index contributed by atoms with van der Waals surface area (Å²) in [6.45, 7) is 6.90. The van der Waals surface area contributed by atoms with E-state index in [1.165, 1.54) is 0 Å². The molecule has 1 aliphatic rings. The van der Waals surface area contributed by atoms with Crippen molar-refractivity contribution in [3.05, 3.63) is 0 Å². The number of aliphatic carboxylic acids is 1. The van der Waals surface area contributed by atoms with Gasteiger partial charge in [0.15, 0.2) is 0 Å². The second-order valence-corrected chi connectivity index (χ2v) is 5.94. The lowest BCUT2D eigenvalue weighted by Gasteiger charge is -2.42. The van der Waals surface area contributed by atoms with Crippen molar-refractivity contribution in [2.75, 3.05) is 19.6 Å². The molecule has 0 aromatic rings. The van der Waals surface area contributed by atoms with Gasteiger partial charge in [0.1, 0.15) is 0 Å². The van der Waals surface area contributed by atoms with Crippen LogP contribution in [0.25, 0.3) is 0 Å². The highest BCUT2D eigenvalue weighted by atomic mass is 16.4. The summed E-state index contributed by atoms with van der Waals surface area (Å²) < 4.78 is 0. The highest BCUT2D eigenvalue weighted by molar-refractivity contribution is 5.79. The molecule has 6 heteroatoms. The molecule has 1 fully saturated rings. The molecule has 0 aliphatic carbocycles. The number of nitrogens with zero attached hydrogens (tertiary/aromatic N) is 3. The van der Waals surface area contributed by atoms with Crippen molar-refractivity contribution in [2.45, 2.75) is 52.5 Å². The molecular weight excluding hydrogens is 270 g/mol. The van der Waals surface area contributed by atoms with E-state index in [1.807, 2.05) is 26.8 Å². The van der Waals surface area contributed by atoms with Gasteiger partial charge >= 0.3 is 12.0 Å². The number of carboxylic acids is 1. The van der Waals surface area contributed by atoms with Crippen molar-refractivity contribution in [3.63, 3.8) is 0 Å². The van der Waals surface area contributed by atoms with E-state index < -0.39 is 11.4 Å². The molecule has 21 heavy (non-hydrogen) atoms. The molecule has 1 atom stereocenters. The van der Waals surface area contributed by atoms with Gasteiger partial charge in [-0.15, -0.1) is 0 Å². The maximum absolute atomic E-state index is 12.6. The van der Waals surface area contributed by atoms with Gasteiger partial charge in [-0.25, -0.2) is 4.79 Å². The minimum Gasteiger partial charge on any atom is -0.481 e. The number of carbonyl (C=O) groups is 2. The zero-order valence-electron chi connectivity index (χ0n) is 13.1. The summed E-state index contributed by atoms with van der Waals surface area (Å²) in [5.74, 6) is -0.823. The Labute approximate surface area is 126 Å². The van der Waals surface area contributed by atoms with E-state index in [4.69, 9.17) is 5.26 Å². The normalized spacial score (nSPS) is 22.0. The molecule has 1 aliphatic heterocycles. The highest BCUT2D eigenvalue weighted by Crippen LogP contribution is 2.34. The first-order valence-corrected chi connectivity index (χ1v) is 7.54. The lowest BCUT2D eigenvalue weighted by Crippen LogP contribution is -2.54. The third kappa shape index (κ3) is 3.87. The maximum Gasteiger partial charge on any atom is 0.320 e. The van der Waals surface area contributed by atoms with Crippen LogP contribution >= 0.6 is 0 Å². The average molecular weight is 295 g/mol. The predicted octanol–water partition coefficient (Wildman–Crippen LogP) is 2.31. The molecule has 1 saturated heterocycles. The summed E-state index contributed by atoms with van der Waals surface area (Å²) in [5, 5.41) is 18.2. The van der Waals surface area contributed by atoms with Gasteiger partial charge in [0.25, 0.3) is 0 Å². The minimum atomic E-state index is -0.828. The molecule has 1 rings (SSSR count). The lowest BCUT2D eigenvalue weighted by atomic mass is 9.78. The van der Waals surface area contributed by atoms with E-state index in [9.17, 15) is 14.7 Å². The highest BCUT2D eigenvalue weighted by Gasteiger charge is 2.43. The van der Waals surface area contributed by atoms with Crippen molar-refractivity contribution in [1.82, 2.24) is 9.80 Å². The van der Waals surface area contributed by atoms with E-state index in [2.05, 4.69) is 0 Å². The number of hydrogen-bond acceptors (Lipinski definition) is 3. The number of nitriles is 1. The van der Waals surface area contributed by atoms with Crippen LogP contribution in [0.1, 0.15) is 46.5 Å². The number of urea groups is 1. The van der Waals surface area contributed by atoms with Crippen molar-refractivity contribution < 1.29 is 14.7 Å². The average Bonchev–Trinajstić information content (AvgIpc) is 2.46. The molecule has 1 heterocycles. The van der Waals surface area contributed by atoms with Crippen molar-refractivity contribution in [3.8, 4) is 6.07 Å². The first-order chi connectivity index (χ1) is 9.88. The van der Waals surface area contributed by atoms with E-state index in [0.717, 1.165) is 0 Å². The summed E-state index contributed by atoms with van der Waals surface area (Å²) in [7, 11) is 0. The van der Waals surface area contributed by atoms with Crippen molar-refractivity contribution >= 4 is 12.0 Å². The number of likely N-dealkylation sites (tertiary alicyclic amines) is 1. The van der Waals surface area contributed by atoms with Crippen LogP contribution < -0.4 is 0 Å². The Kier molecular flexibility index (Phi) is 6.01. The van der Waals surface area contributed by atoms with Gasteiger partial charge in [-0.3, -0.25) is 4.79 Å². The maximum atomic E-state index is 12.6. The predicted molar refractivity (Wildman–Crippen MR) is 78.6 cm³/mol. The summed E-state index contributed by atoms with van der Waals surface area (Å²) in [6, 6.07) is 1.89. The SMILES string of the molecule is CCC1(C(=O)O)CCCN(C(=O)N(CCC#N)C(C)C)C1. The summed E-state index contributed by atoms with van der Waals surface area (Å²) in [4.78, 5) is 27.5. The Hall–Kier alpha value is -1.77. The molecule has 2 amide bonds. The Morgan fingerprint density at radius 2 is 2.14 bits per heavy atom. The number of hydrogen-bond donors (Lipinski definition) is 1. The van der Waals surface area contributed by atoms with Crippen LogP contribution in [0.15, 0.2) is 0 Å². The molecule has 118 valence electrons. The second kappa shape index (κ2) is 7.30. The monoisotopic (exact) mass is 295 g/mol. The second-order valence-electron chi connectivity index (χ2n) is 5.94. The quantitative estimate of drug-likeness (QED) is 0.843. The van der Waals surface area contributed by atoms with Crippen LogP contribution in [-0.2, 0) is 4.79 Å². The Balaban J connectivity index is 2.85. The lowest BCUT2D eigenvalue weighted by molar-refractivity contribution is -0.152. The fraction of sp³-hybridized carbons (Fsp3) is 0.800. The minimum absolute atomic E-state index is 0.00590. The molecule has 0 radical (unpaired) electrons. The Morgan fingerprint density at radius 1 is 1.48 bits per heavy atom. The molecular formula is C15H25N3O3. The van der Waals surface area contributed by atoms with Gasteiger partial charge in [-0.1, -0.05) is 6.92 Å². The van der Waals surface area contributed by atoms with Crippen LogP contribution in [-0.4, -0.2) is 52.6 Å². The van der Waals surface area contributed by atoms with Gasteiger partial charge in [0, 0.05) is 25.7 Å². The van der Waals surface area contributed by atoms with E-state index in [1.54, 1.807) is 9.80 Å². The smallest absolute Gasteiger partial charge is 0.320 e. The number of piperidine rings is 1. The fourth-order valence-corrected chi connectivity index (χ4v) is 2.84. The van der Waals surface area contributed by atoms with Crippen LogP contribution in [0.5, 0.6) is 0 Å². The number of carboxylic acid groups (broad SMARTS) is 1. The number of carbonyl (C=O) groups excluding carboxylic acids is 1. The topological polar surface area (TPSA) is 84.6 Å². The summed E-state index contributed by atoms with van der Waals surface area (Å²) >= 11 is 0. The zero-order valence-corrected chi connectivity index (χ0v) is 13.1. The van der Waals surface area contributed by atoms with E-state index in [0.29, 0.717) is 32.4 Å². The molecule has 0 aromatic carbocycles. The number of rotatable bonds is 5. The van der Waals surface area contributed by atoms with E-state index >= 15 is 0 Å². The van der Waals surface area contributed by atoms with Crippen molar-refractivity contribution in [1.29, 1.82) is 5.26 Å². The first-order valence-electron chi connectivity index (χ1n) is 7.54.